The second-order valence-electron chi connectivity index (χ2n) is 4.07. The van der Waals surface area contributed by atoms with Crippen molar-refractivity contribution in [3.63, 3.8) is 0 Å². The monoisotopic (exact) mass is 244 g/mol. The fourth-order valence-corrected chi connectivity index (χ4v) is 1.61. The molecular weight excluding hydrogens is 231 g/mol. The number of ether oxygens (including phenoxy) is 1. The molecule has 0 heterocycles. The first-order valence-corrected chi connectivity index (χ1v) is 5.62. The molecule has 0 bridgehead atoms. The lowest BCUT2D eigenvalue weighted by atomic mass is 10.1. The third-order valence-electron chi connectivity index (χ3n) is 2.64. The molecule has 2 rings (SSSR count). The number of hydrogen-bond acceptors (Lipinski definition) is 2. The zero-order chi connectivity index (χ0) is 13.1. The Hall–Kier alpha value is -2.16. The van der Waals surface area contributed by atoms with Crippen molar-refractivity contribution in [2.24, 2.45) is 0 Å². The first kappa shape index (κ1) is 12.3. The minimum Gasteiger partial charge on any atom is -0.457 e. The van der Waals surface area contributed by atoms with Crippen molar-refractivity contribution in [1.29, 1.82) is 0 Å². The van der Waals surface area contributed by atoms with Gasteiger partial charge in [0, 0.05) is 6.07 Å². The molecule has 0 spiro atoms. The maximum atomic E-state index is 13.4. The predicted molar refractivity (Wildman–Crippen MR) is 67.7 cm³/mol. The summed E-state index contributed by atoms with van der Waals surface area (Å²) in [7, 11) is 0. The number of Topliss-reactive ketones (excluding diaryl/α,β-unsaturated/α-hetero) is 1. The molecule has 0 N–H and O–H groups in total. The number of ketones is 1. The SMILES string of the molecule is CC(=O)c1ccccc1Oc1ccc(C)c(F)c1. The zero-order valence-corrected chi connectivity index (χ0v) is 10.2. The molecule has 0 amide bonds. The van der Waals surface area contributed by atoms with Crippen LogP contribution in [-0.4, -0.2) is 5.78 Å². The first-order chi connectivity index (χ1) is 8.58. The molecule has 0 aliphatic rings. The Labute approximate surface area is 105 Å². The van der Waals surface area contributed by atoms with Gasteiger partial charge >= 0.3 is 0 Å². The van der Waals surface area contributed by atoms with Gasteiger partial charge in [-0.2, -0.15) is 0 Å². The minimum atomic E-state index is -0.326. The maximum absolute atomic E-state index is 13.4. The van der Waals surface area contributed by atoms with Crippen LogP contribution in [0.5, 0.6) is 11.5 Å². The Bertz CT molecular complexity index is 591. The fraction of sp³-hybridized carbons (Fsp3) is 0.133. The van der Waals surface area contributed by atoms with Gasteiger partial charge in [-0.3, -0.25) is 4.79 Å². The molecule has 0 atom stereocenters. The van der Waals surface area contributed by atoms with E-state index in [0.29, 0.717) is 22.6 Å². The Morgan fingerprint density at radius 2 is 1.89 bits per heavy atom. The number of carbonyl (C=O) groups excluding carboxylic acids is 1. The van der Waals surface area contributed by atoms with Gasteiger partial charge in [-0.15, -0.1) is 0 Å². The fourth-order valence-electron chi connectivity index (χ4n) is 1.61. The molecule has 3 heteroatoms. The van der Waals surface area contributed by atoms with E-state index in [1.54, 1.807) is 43.3 Å². The molecule has 0 aliphatic heterocycles. The van der Waals surface area contributed by atoms with E-state index in [4.69, 9.17) is 4.74 Å². The lowest BCUT2D eigenvalue weighted by Gasteiger charge is -2.09. The molecular formula is C15H13FO2. The molecule has 18 heavy (non-hydrogen) atoms. The van der Waals surface area contributed by atoms with Crippen molar-refractivity contribution in [3.8, 4) is 11.5 Å². The van der Waals surface area contributed by atoms with Gasteiger partial charge in [-0.05, 0) is 37.6 Å². The predicted octanol–water partition coefficient (Wildman–Crippen LogP) is 4.13. The Balaban J connectivity index is 2.34. The number of hydrogen-bond donors (Lipinski definition) is 0. The molecule has 2 nitrogen and oxygen atoms in total. The summed E-state index contributed by atoms with van der Waals surface area (Å²) in [5.74, 6) is 0.408. The van der Waals surface area contributed by atoms with Crippen molar-refractivity contribution in [2.45, 2.75) is 13.8 Å². The van der Waals surface area contributed by atoms with E-state index in [1.165, 1.54) is 13.0 Å². The smallest absolute Gasteiger partial charge is 0.163 e. The highest BCUT2D eigenvalue weighted by Crippen LogP contribution is 2.26. The van der Waals surface area contributed by atoms with E-state index < -0.39 is 0 Å². The van der Waals surface area contributed by atoms with Crippen LogP contribution in [0.4, 0.5) is 4.39 Å². The van der Waals surface area contributed by atoms with Crippen molar-refractivity contribution in [3.05, 3.63) is 59.4 Å². The summed E-state index contributed by atoms with van der Waals surface area (Å²) in [6.07, 6.45) is 0. The zero-order valence-electron chi connectivity index (χ0n) is 10.2. The Kier molecular flexibility index (Phi) is 3.42. The summed E-state index contributed by atoms with van der Waals surface area (Å²) < 4.78 is 18.9. The van der Waals surface area contributed by atoms with Gasteiger partial charge in [-0.1, -0.05) is 18.2 Å². The molecule has 0 unspecified atom stereocenters. The Morgan fingerprint density at radius 3 is 2.56 bits per heavy atom. The number of rotatable bonds is 3. The second kappa shape index (κ2) is 5.00. The summed E-state index contributed by atoms with van der Waals surface area (Å²) in [5.41, 5.74) is 1.04. The minimum absolute atomic E-state index is 0.0850. The molecule has 0 aromatic heterocycles. The molecule has 0 saturated carbocycles. The van der Waals surface area contributed by atoms with Gasteiger partial charge in [-0.25, -0.2) is 4.39 Å². The lowest BCUT2D eigenvalue weighted by molar-refractivity contribution is 0.101. The number of carbonyl (C=O) groups is 1. The molecule has 0 radical (unpaired) electrons. The number of benzene rings is 2. The van der Waals surface area contributed by atoms with Crippen LogP contribution in [0.1, 0.15) is 22.8 Å². The van der Waals surface area contributed by atoms with E-state index in [1.807, 2.05) is 0 Å². The van der Waals surface area contributed by atoms with E-state index >= 15 is 0 Å². The Morgan fingerprint density at radius 1 is 1.17 bits per heavy atom. The normalized spacial score (nSPS) is 10.2. The average molecular weight is 244 g/mol. The number of halogens is 1. The number of para-hydroxylation sites is 1. The van der Waals surface area contributed by atoms with Crippen molar-refractivity contribution in [1.82, 2.24) is 0 Å². The van der Waals surface area contributed by atoms with Crippen LogP contribution < -0.4 is 4.74 Å². The quantitative estimate of drug-likeness (QED) is 0.759. The summed E-state index contributed by atoms with van der Waals surface area (Å²) in [5, 5.41) is 0. The van der Waals surface area contributed by atoms with Crippen LogP contribution >= 0.6 is 0 Å². The van der Waals surface area contributed by atoms with E-state index in [2.05, 4.69) is 0 Å². The van der Waals surface area contributed by atoms with Gasteiger partial charge in [0.15, 0.2) is 5.78 Å². The average Bonchev–Trinajstić information content (AvgIpc) is 2.34. The van der Waals surface area contributed by atoms with Crippen LogP contribution in [0.2, 0.25) is 0 Å². The van der Waals surface area contributed by atoms with Crippen LogP contribution in [0.15, 0.2) is 42.5 Å². The highest BCUT2D eigenvalue weighted by atomic mass is 19.1. The summed E-state index contributed by atoms with van der Waals surface area (Å²) >= 11 is 0. The van der Waals surface area contributed by atoms with Crippen LogP contribution in [0.25, 0.3) is 0 Å². The van der Waals surface area contributed by atoms with E-state index in [0.717, 1.165) is 0 Å². The summed E-state index contributed by atoms with van der Waals surface area (Å²) in [4.78, 5) is 11.4. The van der Waals surface area contributed by atoms with Crippen LogP contribution in [0.3, 0.4) is 0 Å². The molecule has 92 valence electrons. The summed E-state index contributed by atoms with van der Waals surface area (Å²) in [6, 6.07) is 11.5. The topological polar surface area (TPSA) is 26.3 Å². The van der Waals surface area contributed by atoms with Gasteiger partial charge in [0.2, 0.25) is 0 Å². The van der Waals surface area contributed by atoms with Crippen molar-refractivity contribution < 1.29 is 13.9 Å². The largest absolute Gasteiger partial charge is 0.457 e. The van der Waals surface area contributed by atoms with Gasteiger partial charge in [0.1, 0.15) is 17.3 Å². The molecule has 2 aromatic rings. The van der Waals surface area contributed by atoms with Gasteiger partial charge < -0.3 is 4.74 Å². The van der Waals surface area contributed by atoms with E-state index in [9.17, 15) is 9.18 Å². The van der Waals surface area contributed by atoms with Crippen LogP contribution in [-0.2, 0) is 0 Å². The highest BCUT2D eigenvalue weighted by Gasteiger charge is 2.09. The first-order valence-electron chi connectivity index (χ1n) is 5.62. The molecule has 0 aliphatic carbocycles. The van der Waals surface area contributed by atoms with Gasteiger partial charge in [0.25, 0.3) is 0 Å². The lowest BCUT2D eigenvalue weighted by Crippen LogP contribution is -1.97. The van der Waals surface area contributed by atoms with Crippen molar-refractivity contribution in [2.75, 3.05) is 0 Å². The van der Waals surface area contributed by atoms with E-state index in [-0.39, 0.29) is 11.6 Å². The molecule has 2 aromatic carbocycles. The third-order valence-corrected chi connectivity index (χ3v) is 2.64. The highest BCUT2D eigenvalue weighted by molar-refractivity contribution is 5.96. The summed E-state index contributed by atoms with van der Waals surface area (Å²) in [6.45, 7) is 3.15. The van der Waals surface area contributed by atoms with Crippen molar-refractivity contribution >= 4 is 5.78 Å². The molecule has 0 fully saturated rings. The van der Waals surface area contributed by atoms with Gasteiger partial charge in [0.05, 0.1) is 5.56 Å². The standard InChI is InChI=1S/C15H13FO2/c1-10-7-8-12(9-14(10)16)18-15-6-4-3-5-13(15)11(2)17/h3-9H,1-2H3. The number of aryl methyl sites for hydroxylation is 1. The maximum Gasteiger partial charge on any atom is 0.163 e. The van der Waals surface area contributed by atoms with Crippen LogP contribution in [0, 0.1) is 12.7 Å². The second-order valence-corrected chi connectivity index (χ2v) is 4.07. The molecule has 0 saturated heterocycles. The third kappa shape index (κ3) is 2.56.